The lowest BCUT2D eigenvalue weighted by atomic mass is 10.4. The van der Waals surface area contributed by atoms with E-state index in [9.17, 15) is 0 Å². The average Bonchev–Trinajstić information content (AvgIpc) is 2.86. The molecule has 0 radical (unpaired) electrons. The first-order chi connectivity index (χ1) is 15.2. The Kier molecular flexibility index (Phi) is 6.69. The van der Waals surface area contributed by atoms with E-state index in [2.05, 4.69) is 135 Å². The summed E-state index contributed by atoms with van der Waals surface area (Å²) in [5.41, 5.74) is 0. The van der Waals surface area contributed by atoms with E-state index in [1.807, 2.05) is 0 Å². The van der Waals surface area contributed by atoms with Gasteiger partial charge in [-0.3, -0.25) is 0 Å². The van der Waals surface area contributed by atoms with Crippen LogP contribution in [0, 0.1) is 0 Å². The maximum absolute atomic E-state index is 2.65. The highest BCUT2D eigenvalue weighted by atomic mass is 29.3. The van der Waals surface area contributed by atoms with Gasteiger partial charge in [0.15, 0.2) is 0 Å². The lowest BCUT2D eigenvalue weighted by Crippen LogP contribution is -2.84. The van der Waals surface area contributed by atoms with Gasteiger partial charge in [-0.05, 0) is 0 Å². The Morgan fingerprint density at radius 2 is 0.806 bits per heavy atom. The van der Waals surface area contributed by atoms with Crippen molar-refractivity contribution in [1.29, 1.82) is 0 Å². The largest absolute Gasteiger partial charge is 0.121 e. The van der Waals surface area contributed by atoms with Gasteiger partial charge >= 0.3 is 0 Å². The Labute approximate surface area is 189 Å². The maximum atomic E-state index is 2.65. The van der Waals surface area contributed by atoms with Crippen molar-refractivity contribution in [3.63, 3.8) is 0 Å². The molecule has 31 heavy (non-hydrogen) atoms. The quantitative estimate of drug-likeness (QED) is 0.340. The first-order valence-corrected chi connectivity index (χ1v) is 17.2. The lowest BCUT2D eigenvalue weighted by molar-refractivity contribution is 0.875. The van der Waals surface area contributed by atoms with Crippen molar-refractivity contribution in [2.45, 2.75) is 32.4 Å². The molecule has 0 aliphatic carbocycles. The molecule has 4 aromatic rings. The van der Waals surface area contributed by atoms with Gasteiger partial charge in [0.2, 0.25) is 0 Å². The van der Waals surface area contributed by atoms with E-state index >= 15 is 0 Å². The first kappa shape index (κ1) is 21.5. The monoisotopic (exact) mass is 436 g/mol. The summed E-state index contributed by atoms with van der Waals surface area (Å²) in [5, 5.41) is 6.27. The molecule has 0 aromatic heterocycles. The number of rotatable bonds is 8. The fraction of sp³-hybridized carbons (Fsp3) is 0.172. The Balaban J connectivity index is 2.13. The number of unbranched alkanes of at least 4 members (excludes halogenated alkanes) is 1. The highest BCUT2D eigenvalue weighted by molar-refractivity contribution is 7.59. The van der Waals surface area contributed by atoms with Gasteiger partial charge in [0, 0.05) is 0 Å². The molecule has 0 N–H and O–H groups in total. The molecule has 0 aliphatic rings. The molecule has 156 valence electrons. The van der Waals surface area contributed by atoms with Crippen LogP contribution in [-0.2, 0) is 0 Å². The summed E-state index contributed by atoms with van der Waals surface area (Å²) >= 11 is 0. The third kappa shape index (κ3) is 3.86. The van der Waals surface area contributed by atoms with Crippen molar-refractivity contribution in [1.82, 2.24) is 0 Å². The molecule has 0 fully saturated rings. The van der Waals surface area contributed by atoms with Gasteiger partial charge in [-0.15, -0.1) is 0 Å². The minimum atomic E-state index is -2.17. The SMILES string of the molecule is CCCC[Si](c1ccccc1)(c1ccccc1)[Si](C)(c1ccccc1)c1ccccc1. The van der Waals surface area contributed by atoms with E-state index in [1.165, 1.54) is 18.9 Å². The summed E-state index contributed by atoms with van der Waals surface area (Å²) in [6.45, 7) is 4.98. The highest BCUT2D eigenvalue weighted by Crippen LogP contribution is 2.27. The van der Waals surface area contributed by atoms with Crippen molar-refractivity contribution in [2.24, 2.45) is 0 Å². The van der Waals surface area contributed by atoms with Gasteiger partial charge in [-0.25, -0.2) is 0 Å². The van der Waals surface area contributed by atoms with Gasteiger partial charge < -0.3 is 0 Å². The number of benzene rings is 4. The van der Waals surface area contributed by atoms with Crippen LogP contribution in [0.5, 0.6) is 0 Å². The summed E-state index contributed by atoms with van der Waals surface area (Å²) in [7, 11) is -4.33. The third-order valence-corrected chi connectivity index (χ3v) is 24.8. The number of hydrogen-bond acceptors (Lipinski definition) is 0. The molecule has 0 atom stereocenters. The Morgan fingerprint density at radius 3 is 1.13 bits per heavy atom. The second-order valence-corrected chi connectivity index (χ2v) is 21.0. The molecule has 4 rings (SSSR count). The first-order valence-electron chi connectivity index (χ1n) is 11.5. The summed E-state index contributed by atoms with van der Waals surface area (Å²) in [6.07, 6.45) is 2.49. The summed E-state index contributed by atoms with van der Waals surface area (Å²) < 4.78 is 0. The third-order valence-electron chi connectivity index (χ3n) is 6.99. The smallest absolute Gasteiger partial charge is 0.0654 e. The Morgan fingerprint density at radius 1 is 0.484 bits per heavy atom. The van der Waals surface area contributed by atoms with Crippen LogP contribution in [0.4, 0.5) is 0 Å². The van der Waals surface area contributed by atoms with Crippen LogP contribution in [0.3, 0.4) is 0 Å². The molecular formula is C29H32Si2. The van der Waals surface area contributed by atoms with Gasteiger partial charge in [-0.1, -0.05) is 174 Å². The number of hydrogen-bond donors (Lipinski definition) is 0. The maximum Gasteiger partial charge on any atom is 0.121 e. The molecule has 0 spiro atoms. The molecule has 0 heterocycles. The zero-order chi connectivity index (χ0) is 21.6. The molecule has 4 aromatic carbocycles. The van der Waals surface area contributed by atoms with Crippen LogP contribution in [-0.4, -0.2) is 15.2 Å². The van der Waals surface area contributed by atoms with Gasteiger partial charge in [0.05, 0.1) is 0 Å². The fourth-order valence-corrected chi connectivity index (χ4v) is 23.8. The molecule has 0 unspecified atom stereocenters. The molecule has 0 aliphatic heterocycles. The van der Waals surface area contributed by atoms with Crippen LogP contribution in [0.2, 0.25) is 12.6 Å². The second kappa shape index (κ2) is 9.63. The van der Waals surface area contributed by atoms with Crippen LogP contribution >= 0.6 is 0 Å². The zero-order valence-corrected chi connectivity index (χ0v) is 20.7. The molecule has 2 heteroatoms. The zero-order valence-electron chi connectivity index (χ0n) is 18.7. The fourth-order valence-electron chi connectivity index (χ4n) is 5.37. The second-order valence-electron chi connectivity index (χ2n) is 8.60. The predicted octanol–water partition coefficient (Wildman–Crippen LogP) is 5.02. The average molecular weight is 437 g/mol. The lowest BCUT2D eigenvalue weighted by Gasteiger charge is -2.48. The predicted molar refractivity (Wildman–Crippen MR) is 141 cm³/mol. The van der Waals surface area contributed by atoms with Crippen LogP contribution in [0.25, 0.3) is 0 Å². The van der Waals surface area contributed by atoms with E-state index in [-0.39, 0.29) is 0 Å². The van der Waals surface area contributed by atoms with Crippen molar-refractivity contribution < 1.29 is 0 Å². The Hall–Kier alpha value is -2.69. The molecular weight excluding hydrogens is 404 g/mol. The summed E-state index contributed by atoms with van der Waals surface area (Å²) in [6, 6.07) is 47.1. The van der Waals surface area contributed by atoms with Crippen molar-refractivity contribution in [3.8, 4) is 0 Å². The Bertz CT molecular complexity index is 982. The van der Waals surface area contributed by atoms with E-state index in [0.717, 1.165) is 0 Å². The van der Waals surface area contributed by atoms with Crippen molar-refractivity contribution in [2.75, 3.05) is 0 Å². The van der Waals surface area contributed by atoms with Gasteiger partial charge in [0.1, 0.15) is 15.2 Å². The molecule has 0 nitrogen and oxygen atoms in total. The van der Waals surface area contributed by atoms with E-state index in [0.29, 0.717) is 0 Å². The molecule has 0 saturated carbocycles. The summed E-state index contributed by atoms with van der Waals surface area (Å²) in [5.74, 6) is 0. The standard InChI is InChI=1S/C29H32Si2/c1-3-4-25-31(28-21-13-7-14-22-28,29-23-15-8-16-24-29)30(2,26-17-9-5-10-18-26)27-19-11-6-12-20-27/h5-24H,3-4,25H2,1-2H3. The van der Waals surface area contributed by atoms with Gasteiger partial charge in [0.25, 0.3) is 0 Å². The van der Waals surface area contributed by atoms with E-state index in [4.69, 9.17) is 0 Å². The van der Waals surface area contributed by atoms with Crippen LogP contribution < -0.4 is 20.7 Å². The van der Waals surface area contributed by atoms with Gasteiger partial charge in [-0.2, -0.15) is 0 Å². The van der Waals surface area contributed by atoms with Crippen molar-refractivity contribution in [3.05, 3.63) is 121 Å². The van der Waals surface area contributed by atoms with Crippen LogP contribution in [0.1, 0.15) is 19.8 Å². The van der Waals surface area contributed by atoms with E-state index in [1.54, 1.807) is 20.7 Å². The van der Waals surface area contributed by atoms with Crippen molar-refractivity contribution >= 4 is 35.9 Å². The minimum absolute atomic E-state index is 1.22. The minimum Gasteiger partial charge on any atom is -0.0654 e. The van der Waals surface area contributed by atoms with E-state index < -0.39 is 15.2 Å². The molecule has 0 bridgehead atoms. The summed E-state index contributed by atoms with van der Waals surface area (Å²) in [4.78, 5) is 0. The topological polar surface area (TPSA) is 0 Å². The van der Waals surface area contributed by atoms with Crippen LogP contribution in [0.15, 0.2) is 121 Å². The highest BCUT2D eigenvalue weighted by Gasteiger charge is 2.55. The molecule has 0 saturated heterocycles. The molecule has 0 amide bonds. The normalized spacial score (nSPS) is 11.9.